The van der Waals surface area contributed by atoms with Gasteiger partial charge in [0.1, 0.15) is 0 Å². The van der Waals surface area contributed by atoms with E-state index in [-0.39, 0.29) is 11.8 Å². The standard InChI is InChI=1S/C23H29NO3/c1-2-22(20-9-4-3-5-10-20)23(25)24-16-18-7-6-8-19(15-18)17-27-21-11-13-26-14-12-21/h3-10,15,21-22H,2,11-14,16-17H2,1H3,(H,24,25). The quantitative estimate of drug-likeness (QED) is 0.761. The van der Waals surface area contributed by atoms with E-state index in [1.54, 1.807) is 0 Å². The lowest BCUT2D eigenvalue weighted by Crippen LogP contribution is -2.28. The van der Waals surface area contributed by atoms with Crippen molar-refractivity contribution in [2.75, 3.05) is 13.2 Å². The zero-order valence-electron chi connectivity index (χ0n) is 16.0. The summed E-state index contributed by atoms with van der Waals surface area (Å²) in [6.07, 6.45) is 3.01. The maximum absolute atomic E-state index is 12.6. The van der Waals surface area contributed by atoms with E-state index in [0.29, 0.717) is 19.3 Å². The Hall–Kier alpha value is -2.17. The van der Waals surface area contributed by atoms with Crippen LogP contribution in [0.3, 0.4) is 0 Å². The highest BCUT2D eigenvalue weighted by molar-refractivity contribution is 5.83. The van der Waals surface area contributed by atoms with Crippen LogP contribution in [0.15, 0.2) is 54.6 Å². The van der Waals surface area contributed by atoms with Gasteiger partial charge < -0.3 is 14.8 Å². The van der Waals surface area contributed by atoms with Gasteiger partial charge in [0.2, 0.25) is 5.91 Å². The lowest BCUT2D eigenvalue weighted by molar-refractivity contribution is -0.122. The molecule has 1 unspecified atom stereocenters. The number of nitrogens with one attached hydrogen (secondary N) is 1. The lowest BCUT2D eigenvalue weighted by atomic mass is 9.95. The molecule has 1 fully saturated rings. The highest BCUT2D eigenvalue weighted by atomic mass is 16.5. The molecular formula is C23H29NO3. The molecule has 1 atom stereocenters. The van der Waals surface area contributed by atoms with Crippen molar-refractivity contribution in [2.45, 2.75) is 51.4 Å². The summed E-state index contributed by atoms with van der Waals surface area (Å²) < 4.78 is 11.4. The molecule has 27 heavy (non-hydrogen) atoms. The Kier molecular flexibility index (Phi) is 7.43. The molecular weight excluding hydrogens is 338 g/mol. The van der Waals surface area contributed by atoms with E-state index in [4.69, 9.17) is 9.47 Å². The molecule has 1 aliphatic rings. The average Bonchev–Trinajstić information content (AvgIpc) is 2.73. The van der Waals surface area contributed by atoms with Crippen LogP contribution < -0.4 is 5.32 Å². The van der Waals surface area contributed by atoms with Crippen LogP contribution in [0.25, 0.3) is 0 Å². The molecule has 4 nitrogen and oxygen atoms in total. The summed E-state index contributed by atoms with van der Waals surface area (Å²) in [6, 6.07) is 18.2. The third kappa shape index (κ3) is 5.91. The number of ether oxygens (including phenoxy) is 2. The van der Waals surface area contributed by atoms with Crippen molar-refractivity contribution < 1.29 is 14.3 Å². The number of amides is 1. The number of carbonyl (C=O) groups excluding carboxylic acids is 1. The fourth-order valence-corrected chi connectivity index (χ4v) is 3.46. The van der Waals surface area contributed by atoms with Crippen LogP contribution in [-0.4, -0.2) is 25.2 Å². The molecule has 0 saturated carbocycles. The smallest absolute Gasteiger partial charge is 0.227 e. The van der Waals surface area contributed by atoms with Gasteiger partial charge in [-0.3, -0.25) is 4.79 Å². The molecule has 1 N–H and O–H groups in total. The van der Waals surface area contributed by atoms with Gasteiger partial charge in [0.15, 0.2) is 0 Å². The molecule has 4 heteroatoms. The minimum atomic E-state index is -0.105. The van der Waals surface area contributed by atoms with Crippen molar-refractivity contribution >= 4 is 5.91 Å². The van der Waals surface area contributed by atoms with Crippen LogP contribution in [0.1, 0.15) is 48.8 Å². The van der Waals surface area contributed by atoms with Gasteiger partial charge in [-0.05, 0) is 36.0 Å². The zero-order chi connectivity index (χ0) is 18.9. The van der Waals surface area contributed by atoms with Crippen LogP contribution in [-0.2, 0) is 27.4 Å². The lowest BCUT2D eigenvalue weighted by Gasteiger charge is -2.22. The summed E-state index contributed by atoms with van der Waals surface area (Å²) in [5.74, 6) is -0.0289. The molecule has 2 aromatic carbocycles. The highest BCUT2D eigenvalue weighted by Gasteiger charge is 2.18. The SMILES string of the molecule is CCC(C(=O)NCc1cccc(COC2CCOCC2)c1)c1ccccc1. The first-order valence-electron chi connectivity index (χ1n) is 9.86. The second-order valence-corrected chi connectivity index (χ2v) is 7.03. The molecule has 0 aromatic heterocycles. The van der Waals surface area contributed by atoms with Crippen molar-refractivity contribution in [1.29, 1.82) is 0 Å². The van der Waals surface area contributed by atoms with Crippen LogP contribution in [0.2, 0.25) is 0 Å². The maximum Gasteiger partial charge on any atom is 0.227 e. The normalized spacial score (nSPS) is 16.0. The van der Waals surface area contributed by atoms with E-state index in [2.05, 4.69) is 17.4 Å². The zero-order valence-corrected chi connectivity index (χ0v) is 16.0. The van der Waals surface area contributed by atoms with Gasteiger partial charge in [-0.1, -0.05) is 61.5 Å². The molecule has 0 radical (unpaired) electrons. The molecule has 144 valence electrons. The summed E-state index contributed by atoms with van der Waals surface area (Å²) in [5.41, 5.74) is 3.30. The first-order valence-corrected chi connectivity index (χ1v) is 9.86. The van der Waals surface area contributed by atoms with E-state index < -0.39 is 0 Å². The molecule has 2 aromatic rings. The monoisotopic (exact) mass is 367 g/mol. The third-order valence-corrected chi connectivity index (χ3v) is 5.04. The van der Waals surface area contributed by atoms with Crippen LogP contribution in [0.4, 0.5) is 0 Å². The molecule has 1 amide bonds. The summed E-state index contributed by atoms with van der Waals surface area (Å²) in [5, 5.41) is 3.08. The van der Waals surface area contributed by atoms with E-state index in [9.17, 15) is 4.79 Å². The van der Waals surface area contributed by atoms with Gasteiger partial charge in [0.05, 0.1) is 18.6 Å². The van der Waals surface area contributed by atoms with Crippen molar-refractivity contribution in [3.8, 4) is 0 Å². The molecule has 1 aliphatic heterocycles. The second-order valence-electron chi connectivity index (χ2n) is 7.03. The Balaban J connectivity index is 1.52. The number of rotatable bonds is 8. The minimum absolute atomic E-state index is 0.0764. The van der Waals surface area contributed by atoms with E-state index in [1.807, 2.05) is 49.4 Å². The summed E-state index contributed by atoms with van der Waals surface area (Å²) in [6.45, 7) is 4.76. The fraction of sp³-hybridized carbons (Fsp3) is 0.435. The van der Waals surface area contributed by atoms with E-state index >= 15 is 0 Å². The van der Waals surface area contributed by atoms with Crippen molar-refractivity contribution in [3.05, 3.63) is 71.3 Å². The Morgan fingerprint density at radius 2 is 1.85 bits per heavy atom. The van der Waals surface area contributed by atoms with Gasteiger partial charge in [0.25, 0.3) is 0 Å². The van der Waals surface area contributed by atoms with Gasteiger partial charge >= 0.3 is 0 Å². The number of hydrogen-bond acceptors (Lipinski definition) is 3. The molecule has 0 aliphatic carbocycles. The van der Waals surface area contributed by atoms with E-state index in [0.717, 1.165) is 49.2 Å². The summed E-state index contributed by atoms with van der Waals surface area (Å²) in [7, 11) is 0. The highest BCUT2D eigenvalue weighted by Crippen LogP contribution is 2.19. The molecule has 0 bridgehead atoms. The van der Waals surface area contributed by atoms with Crippen molar-refractivity contribution in [3.63, 3.8) is 0 Å². The van der Waals surface area contributed by atoms with Crippen LogP contribution in [0.5, 0.6) is 0 Å². The Labute approximate surface area is 161 Å². The van der Waals surface area contributed by atoms with Crippen LogP contribution in [0, 0.1) is 0 Å². The first-order chi connectivity index (χ1) is 13.3. The van der Waals surface area contributed by atoms with Gasteiger partial charge in [-0.25, -0.2) is 0 Å². The van der Waals surface area contributed by atoms with Gasteiger partial charge in [-0.2, -0.15) is 0 Å². The minimum Gasteiger partial charge on any atom is -0.381 e. The largest absolute Gasteiger partial charge is 0.381 e. The van der Waals surface area contributed by atoms with Crippen molar-refractivity contribution in [1.82, 2.24) is 5.32 Å². The molecule has 1 heterocycles. The first kappa shape index (κ1) is 19.6. The third-order valence-electron chi connectivity index (χ3n) is 5.04. The van der Waals surface area contributed by atoms with Gasteiger partial charge in [-0.15, -0.1) is 0 Å². The van der Waals surface area contributed by atoms with E-state index in [1.165, 1.54) is 0 Å². The number of benzene rings is 2. The van der Waals surface area contributed by atoms with Crippen LogP contribution >= 0.6 is 0 Å². The average molecular weight is 367 g/mol. The second kappa shape index (κ2) is 10.2. The Bertz CT molecular complexity index is 711. The topological polar surface area (TPSA) is 47.6 Å². The molecule has 0 spiro atoms. The molecule has 1 saturated heterocycles. The number of carbonyl (C=O) groups is 1. The Morgan fingerprint density at radius 1 is 1.11 bits per heavy atom. The van der Waals surface area contributed by atoms with Crippen molar-refractivity contribution in [2.24, 2.45) is 0 Å². The molecule has 3 rings (SSSR count). The summed E-state index contributed by atoms with van der Waals surface area (Å²) >= 11 is 0. The fourth-order valence-electron chi connectivity index (χ4n) is 3.46. The number of hydrogen-bond donors (Lipinski definition) is 1. The van der Waals surface area contributed by atoms with Gasteiger partial charge in [0, 0.05) is 19.8 Å². The summed E-state index contributed by atoms with van der Waals surface area (Å²) in [4.78, 5) is 12.6. The Morgan fingerprint density at radius 3 is 2.59 bits per heavy atom. The predicted octanol–water partition coefficient (Wildman–Crippen LogP) is 4.19. The maximum atomic E-state index is 12.6. The predicted molar refractivity (Wildman–Crippen MR) is 106 cm³/mol.